The lowest BCUT2D eigenvalue weighted by Gasteiger charge is -2.42. The molecule has 0 amide bonds. The van der Waals surface area contributed by atoms with Gasteiger partial charge < -0.3 is 19.0 Å². The Bertz CT molecular complexity index is 477. The average molecular weight is 248 g/mol. The molecule has 96 valence electrons. The Balaban J connectivity index is 1.85. The Morgan fingerprint density at radius 2 is 2.06 bits per heavy atom. The summed E-state index contributed by atoms with van der Waals surface area (Å²) in [5, 5.41) is 0. The van der Waals surface area contributed by atoms with Gasteiger partial charge in [-0.1, -0.05) is 6.07 Å². The van der Waals surface area contributed by atoms with Gasteiger partial charge in [-0.15, -0.1) is 0 Å². The first-order chi connectivity index (χ1) is 8.70. The molecule has 18 heavy (non-hydrogen) atoms. The number of rotatable bonds is 4. The van der Waals surface area contributed by atoms with Crippen molar-refractivity contribution in [2.75, 3.05) is 20.0 Å². The summed E-state index contributed by atoms with van der Waals surface area (Å²) in [7, 11) is 0. The largest absolute Gasteiger partial charge is 0.454 e. The van der Waals surface area contributed by atoms with Crippen molar-refractivity contribution in [3.8, 4) is 11.5 Å². The van der Waals surface area contributed by atoms with E-state index in [0.29, 0.717) is 19.6 Å². The number of ketones is 1. The van der Waals surface area contributed by atoms with E-state index in [1.165, 1.54) is 5.56 Å². The molecule has 0 radical (unpaired) electrons. The van der Waals surface area contributed by atoms with Crippen LogP contribution in [0.1, 0.15) is 25.3 Å². The van der Waals surface area contributed by atoms with E-state index in [1.807, 2.05) is 12.1 Å². The summed E-state index contributed by atoms with van der Waals surface area (Å²) in [5.41, 5.74) is 1.16. The van der Waals surface area contributed by atoms with Gasteiger partial charge in [0.1, 0.15) is 5.78 Å². The second kappa shape index (κ2) is 4.28. The number of carbonyl (C=O) groups excluding carboxylic acids is 1. The van der Waals surface area contributed by atoms with Crippen LogP contribution in [0.4, 0.5) is 0 Å². The highest BCUT2D eigenvalue weighted by Crippen LogP contribution is 2.41. The van der Waals surface area contributed by atoms with Crippen LogP contribution in [-0.4, -0.2) is 25.8 Å². The summed E-state index contributed by atoms with van der Waals surface area (Å²) in [5.74, 6) is 1.81. The van der Waals surface area contributed by atoms with Crippen molar-refractivity contribution in [2.24, 2.45) is 0 Å². The van der Waals surface area contributed by atoms with Gasteiger partial charge in [-0.3, -0.25) is 0 Å². The lowest BCUT2D eigenvalue weighted by Crippen LogP contribution is -2.46. The van der Waals surface area contributed by atoms with Crippen LogP contribution in [0.25, 0.3) is 0 Å². The first-order valence-corrected chi connectivity index (χ1v) is 6.17. The third-order valence-electron chi connectivity index (χ3n) is 3.70. The molecule has 0 spiro atoms. The van der Waals surface area contributed by atoms with Crippen molar-refractivity contribution in [3.05, 3.63) is 23.8 Å². The zero-order chi connectivity index (χ0) is 12.6. The van der Waals surface area contributed by atoms with Crippen LogP contribution in [0.15, 0.2) is 18.2 Å². The lowest BCUT2D eigenvalue weighted by molar-refractivity contribution is -0.119. The highest BCUT2D eigenvalue weighted by molar-refractivity contribution is 5.75. The molecular formula is C14H16O4. The van der Waals surface area contributed by atoms with E-state index in [0.717, 1.165) is 17.9 Å². The minimum atomic E-state index is -0.0212. The van der Waals surface area contributed by atoms with Gasteiger partial charge in [-0.2, -0.15) is 0 Å². The molecule has 2 aliphatic heterocycles. The highest BCUT2D eigenvalue weighted by Gasteiger charge is 2.40. The zero-order valence-corrected chi connectivity index (χ0v) is 10.4. The number of hydrogen-bond acceptors (Lipinski definition) is 4. The van der Waals surface area contributed by atoms with Crippen LogP contribution in [-0.2, 0) is 14.9 Å². The fourth-order valence-electron chi connectivity index (χ4n) is 2.45. The number of Topliss-reactive ketones (excluding diaryl/α,β-unsaturated/α-hetero) is 1. The van der Waals surface area contributed by atoms with Crippen LogP contribution in [0.3, 0.4) is 0 Å². The number of hydrogen-bond donors (Lipinski definition) is 0. The number of carbonyl (C=O) groups is 1. The molecule has 4 heteroatoms. The van der Waals surface area contributed by atoms with E-state index in [4.69, 9.17) is 14.2 Å². The van der Waals surface area contributed by atoms with Gasteiger partial charge in [0.2, 0.25) is 6.79 Å². The minimum absolute atomic E-state index is 0.0212. The molecule has 2 heterocycles. The molecule has 3 rings (SSSR count). The first kappa shape index (κ1) is 11.5. The van der Waals surface area contributed by atoms with Gasteiger partial charge in [0.25, 0.3) is 0 Å². The van der Waals surface area contributed by atoms with Crippen molar-refractivity contribution in [3.63, 3.8) is 0 Å². The minimum Gasteiger partial charge on any atom is -0.454 e. The monoisotopic (exact) mass is 248 g/mol. The van der Waals surface area contributed by atoms with Gasteiger partial charge in [-0.25, -0.2) is 0 Å². The Hall–Kier alpha value is -1.55. The van der Waals surface area contributed by atoms with Gasteiger partial charge in [-0.05, 0) is 31.0 Å². The van der Waals surface area contributed by atoms with Gasteiger partial charge in [0.05, 0.1) is 13.2 Å². The molecule has 0 atom stereocenters. The predicted molar refractivity (Wildman–Crippen MR) is 65.0 cm³/mol. The van der Waals surface area contributed by atoms with Gasteiger partial charge >= 0.3 is 0 Å². The topological polar surface area (TPSA) is 44.8 Å². The van der Waals surface area contributed by atoms with E-state index in [1.54, 1.807) is 6.92 Å². The van der Waals surface area contributed by atoms with E-state index in [-0.39, 0.29) is 18.0 Å². The molecule has 2 aliphatic rings. The third kappa shape index (κ3) is 1.86. The maximum Gasteiger partial charge on any atom is 0.231 e. The fourth-order valence-corrected chi connectivity index (χ4v) is 2.45. The quantitative estimate of drug-likeness (QED) is 0.818. The summed E-state index contributed by atoms with van der Waals surface area (Å²) in [6, 6.07) is 6.01. The molecular weight excluding hydrogens is 232 g/mol. The number of benzene rings is 1. The SMILES string of the molecule is CC(=O)CCC1(c2ccc3c(c2)OCO3)COC1. The van der Waals surface area contributed by atoms with Crippen molar-refractivity contribution in [1.82, 2.24) is 0 Å². The maximum absolute atomic E-state index is 11.2. The number of ether oxygens (including phenoxy) is 3. The van der Waals surface area contributed by atoms with Crippen LogP contribution < -0.4 is 9.47 Å². The maximum atomic E-state index is 11.2. The van der Waals surface area contributed by atoms with E-state index in [2.05, 4.69) is 6.07 Å². The molecule has 0 unspecified atom stereocenters. The fraction of sp³-hybridized carbons (Fsp3) is 0.500. The molecule has 1 aromatic carbocycles. The Morgan fingerprint density at radius 1 is 1.28 bits per heavy atom. The van der Waals surface area contributed by atoms with Crippen molar-refractivity contribution >= 4 is 5.78 Å². The van der Waals surface area contributed by atoms with Crippen LogP contribution in [0, 0.1) is 0 Å². The molecule has 0 aromatic heterocycles. The normalized spacial score (nSPS) is 19.4. The summed E-state index contributed by atoms with van der Waals surface area (Å²) in [4.78, 5) is 11.2. The Morgan fingerprint density at radius 3 is 2.72 bits per heavy atom. The van der Waals surface area contributed by atoms with Crippen molar-refractivity contribution in [1.29, 1.82) is 0 Å². The van der Waals surface area contributed by atoms with Crippen LogP contribution >= 0.6 is 0 Å². The van der Waals surface area contributed by atoms with E-state index in [9.17, 15) is 4.79 Å². The molecule has 0 bridgehead atoms. The molecule has 4 nitrogen and oxygen atoms in total. The van der Waals surface area contributed by atoms with E-state index < -0.39 is 0 Å². The van der Waals surface area contributed by atoms with E-state index >= 15 is 0 Å². The predicted octanol–water partition coefficient (Wildman–Crippen LogP) is 2.05. The average Bonchev–Trinajstić information content (AvgIpc) is 2.74. The van der Waals surface area contributed by atoms with Gasteiger partial charge in [0, 0.05) is 11.8 Å². The first-order valence-electron chi connectivity index (χ1n) is 6.17. The van der Waals surface area contributed by atoms with Crippen molar-refractivity contribution < 1.29 is 19.0 Å². The Labute approximate surface area is 106 Å². The molecule has 0 aliphatic carbocycles. The van der Waals surface area contributed by atoms with Crippen LogP contribution in [0.2, 0.25) is 0 Å². The summed E-state index contributed by atoms with van der Waals surface area (Å²) < 4.78 is 16.1. The smallest absolute Gasteiger partial charge is 0.231 e. The molecule has 1 fully saturated rings. The lowest BCUT2D eigenvalue weighted by atomic mass is 9.74. The Kier molecular flexibility index (Phi) is 2.74. The second-order valence-electron chi connectivity index (χ2n) is 5.04. The van der Waals surface area contributed by atoms with Crippen molar-refractivity contribution in [2.45, 2.75) is 25.2 Å². The molecule has 1 aromatic rings. The zero-order valence-electron chi connectivity index (χ0n) is 10.4. The highest BCUT2D eigenvalue weighted by atomic mass is 16.7. The summed E-state index contributed by atoms with van der Waals surface area (Å²) >= 11 is 0. The second-order valence-corrected chi connectivity index (χ2v) is 5.04. The standard InChI is InChI=1S/C14H16O4/c1-10(15)4-5-14(7-16-8-14)11-2-3-12-13(6-11)18-9-17-12/h2-3,6H,4-5,7-9H2,1H3. The third-order valence-corrected chi connectivity index (χ3v) is 3.70. The molecule has 0 saturated carbocycles. The summed E-state index contributed by atoms with van der Waals surface area (Å²) in [6.45, 7) is 3.28. The van der Waals surface area contributed by atoms with Gasteiger partial charge in [0.15, 0.2) is 11.5 Å². The number of fused-ring (bicyclic) bond motifs is 1. The summed E-state index contributed by atoms with van der Waals surface area (Å²) in [6.07, 6.45) is 1.43. The van der Waals surface area contributed by atoms with Crippen LogP contribution in [0.5, 0.6) is 11.5 Å². The molecule has 0 N–H and O–H groups in total. The molecule has 1 saturated heterocycles.